The number of methoxy groups -OCH3 is 1. The van der Waals surface area contributed by atoms with Gasteiger partial charge in [-0.2, -0.15) is 9.78 Å². The molecule has 0 aliphatic heterocycles. The molecular formula is C22H20N4O3S. The summed E-state index contributed by atoms with van der Waals surface area (Å²) in [4.78, 5) is 17.1. The van der Waals surface area contributed by atoms with E-state index in [9.17, 15) is 4.79 Å². The minimum Gasteiger partial charge on any atom is -0.497 e. The molecule has 8 heteroatoms. The first kappa shape index (κ1) is 19.7. The van der Waals surface area contributed by atoms with E-state index >= 15 is 0 Å². The normalized spacial score (nSPS) is 10.6. The molecule has 4 rings (SSSR count). The molecule has 0 atom stereocenters. The number of hydrogen-bond acceptors (Lipinski definition) is 6. The van der Waals surface area contributed by atoms with Gasteiger partial charge >= 0.3 is 0 Å². The summed E-state index contributed by atoms with van der Waals surface area (Å²) in [6.45, 7) is 1.73. The van der Waals surface area contributed by atoms with E-state index in [-0.39, 0.29) is 12.5 Å². The van der Waals surface area contributed by atoms with Crippen molar-refractivity contribution in [1.29, 1.82) is 0 Å². The molecule has 7 nitrogen and oxygen atoms in total. The van der Waals surface area contributed by atoms with Crippen LogP contribution in [0, 0.1) is 6.92 Å². The van der Waals surface area contributed by atoms with Crippen LogP contribution in [0.5, 0.6) is 11.5 Å². The zero-order valence-corrected chi connectivity index (χ0v) is 17.3. The Balaban J connectivity index is 1.47. The van der Waals surface area contributed by atoms with E-state index in [1.807, 2.05) is 48.7 Å². The number of ether oxygens (including phenoxy) is 2. The molecule has 2 aromatic heterocycles. The fourth-order valence-corrected chi connectivity index (χ4v) is 3.65. The molecule has 152 valence electrons. The standard InChI is InChI=1S/C22H20N4O3S/c1-15-11-20(24-21(27)13-29-18-10-6-9-17(12-18)28-2)26(25-15)22-23-19(14-30-22)16-7-4-3-5-8-16/h3-12,14H,13H2,1-2H3,(H,24,27). The summed E-state index contributed by atoms with van der Waals surface area (Å²) in [5.74, 6) is 1.47. The zero-order chi connectivity index (χ0) is 20.9. The Morgan fingerprint density at radius 1 is 1.10 bits per heavy atom. The number of aryl methyl sites for hydroxylation is 1. The average molecular weight is 420 g/mol. The Kier molecular flexibility index (Phi) is 5.76. The lowest BCUT2D eigenvalue weighted by atomic mass is 10.2. The lowest BCUT2D eigenvalue weighted by molar-refractivity contribution is -0.118. The van der Waals surface area contributed by atoms with Gasteiger partial charge in [0.1, 0.15) is 17.3 Å². The number of aromatic nitrogens is 3. The Bertz CT molecular complexity index is 1150. The maximum absolute atomic E-state index is 12.4. The molecule has 0 aliphatic carbocycles. The maximum atomic E-state index is 12.4. The van der Waals surface area contributed by atoms with Crippen molar-refractivity contribution < 1.29 is 14.3 Å². The number of amides is 1. The van der Waals surface area contributed by atoms with Crippen LogP contribution < -0.4 is 14.8 Å². The van der Waals surface area contributed by atoms with Crippen LogP contribution in [0.1, 0.15) is 5.69 Å². The van der Waals surface area contributed by atoms with Crippen molar-refractivity contribution in [2.24, 2.45) is 0 Å². The number of nitrogens with one attached hydrogen (secondary N) is 1. The maximum Gasteiger partial charge on any atom is 0.263 e. The van der Waals surface area contributed by atoms with Gasteiger partial charge < -0.3 is 14.8 Å². The first-order valence-corrected chi connectivity index (χ1v) is 10.1. The number of carbonyl (C=O) groups excluding carboxylic acids is 1. The van der Waals surface area contributed by atoms with Crippen LogP contribution in [0.4, 0.5) is 5.82 Å². The van der Waals surface area contributed by atoms with Crippen LogP contribution in [0.15, 0.2) is 66.0 Å². The van der Waals surface area contributed by atoms with Crippen molar-refractivity contribution >= 4 is 23.1 Å². The number of carbonyl (C=O) groups is 1. The Morgan fingerprint density at radius 3 is 2.70 bits per heavy atom. The highest BCUT2D eigenvalue weighted by Gasteiger charge is 2.15. The van der Waals surface area contributed by atoms with Crippen LogP contribution >= 0.6 is 11.3 Å². The summed E-state index contributed by atoms with van der Waals surface area (Å²) in [5.41, 5.74) is 2.67. The average Bonchev–Trinajstić information content (AvgIpc) is 3.40. The van der Waals surface area contributed by atoms with Gasteiger partial charge in [0.2, 0.25) is 5.13 Å². The van der Waals surface area contributed by atoms with Crippen molar-refractivity contribution in [2.45, 2.75) is 6.92 Å². The highest BCUT2D eigenvalue weighted by atomic mass is 32.1. The number of anilines is 1. The second kappa shape index (κ2) is 8.79. The van der Waals surface area contributed by atoms with Crippen LogP contribution in [0.25, 0.3) is 16.4 Å². The summed E-state index contributed by atoms with van der Waals surface area (Å²) in [7, 11) is 1.58. The van der Waals surface area contributed by atoms with Crippen molar-refractivity contribution in [3.63, 3.8) is 0 Å². The van der Waals surface area contributed by atoms with Crippen LogP contribution in [0.3, 0.4) is 0 Å². The number of nitrogens with zero attached hydrogens (tertiary/aromatic N) is 3. The van der Waals surface area contributed by atoms with Gasteiger partial charge in [-0.05, 0) is 19.1 Å². The zero-order valence-electron chi connectivity index (χ0n) is 16.5. The van der Waals surface area contributed by atoms with Crippen molar-refractivity contribution in [2.75, 3.05) is 19.0 Å². The lowest BCUT2D eigenvalue weighted by Crippen LogP contribution is -2.21. The highest BCUT2D eigenvalue weighted by Crippen LogP contribution is 2.26. The van der Waals surface area contributed by atoms with Crippen molar-refractivity contribution in [1.82, 2.24) is 14.8 Å². The number of benzene rings is 2. The van der Waals surface area contributed by atoms with E-state index in [0.717, 1.165) is 17.0 Å². The predicted octanol–water partition coefficient (Wildman–Crippen LogP) is 4.33. The molecule has 0 saturated carbocycles. The van der Waals surface area contributed by atoms with Crippen molar-refractivity contribution in [3.8, 4) is 27.9 Å². The summed E-state index contributed by atoms with van der Waals surface area (Å²) in [6.07, 6.45) is 0. The van der Waals surface area contributed by atoms with Gasteiger partial charge in [-0.1, -0.05) is 36.4 Å². The van der Waals surface area contributed by atoms with Gasteiger partial charge in [0.15, 0.2) is 6.61 Å². The molecule has 0 fully saturated rings. The molecular weight excluding hydrogens is 400 g/mol. The van der Waals surface area contributed by atoms with Gasteiger partial charge in [0.25, 0.3) is 5.91 Å². The van der Waals surface area contributed by atoms with Gasteiger partial charge in [-0.3, -0.25) is 4.79 Å². The van der Waals surface area contributed by atoms with Gasteiger partial charge in [-0.15, -0.1) is 11.3 Å². The molecule has 0 unspecified atom stereocenters. The molecule has 30 heavy (non-hydrogen) atoms. The third-order valence-electron chi connectivity index (χ3n) is 4.25. The van der Waals surface area contributed by atoms with E-state index in [1.54, 1.807) is 36.1 Å². The minimum absolute atomic E-state index is 0.134. The first-order chi connectivity index (χ1) is 14.6. The highest BCUT2D eigenvalue weighted by molar-refractivity contribution is 7.12. The summed E-state index contributed by atoms with van der Waals surface area (Å²) in [5, 5.41) is 9.97. The SMILES string of the molecule is COc1cccc(OCC(=O)Nc2cc(C)nn2-c2nc(-c3ccccc3)cs2)c1. The van der Waals surface area contributed by atoms with Crippen LogP contribution in [-0.4, -0.2) is 34.4 Å². The quantitative estimate of drug-likeness (QED) is 0.481. The topological polar surface area (TPSA) is 78.3 Å². The second-order valence-corrected chi connectivity index (χ2v) is 7.32. The van der Waals surface area contributed by atoms with Crippen LogP contribution in [0.2, 0.25) is 0 Å². The van der Waals surface area contributed by atoms with E-state index in [2.05, 4.69) is 15.4 Å². The van der Waals surface area contributed by atoms with Crippen molar-refractivity contribution in [3.05, 3.63) is 71.7 Å². The summed E-state index contributed by atoms with van der Waals surface area (Å²) < 4.78 is 12.4. The summed E-state index contributed by atoms with van der Waals surface area (Å²) >= 11 is 1.46. The van der Waals surface area contributed by atoms with Gasteiger partial charge in [0.05, 0.1) is 18.5 Å². The van der Waals surface area contributed by atoms with Gasteiger partial charge in [0, 0.05) is 23.1 Å². The fraction of sp³-hybridized carbons (Fsp3) is 0.136. The smallest absolute Gasteiger partial charge is 0.263 e. The van der Waals surface area contributed by atoms with E-state index < -0.39 is 0 Å². The largest absolute Gasteiger partial charge is 0.497 e. The predicted molar refractivity (Wildman–Crippen MR) is 117 cm³/mol. The molecule has 0 saturated heterocycles. The monoisotopic (exact) mass is 420 g/mol. The molecule has 0 bridgehead atoms. The Hall–Kier alpha value is -3.65. The van der Waals surface area contributed by atoms with Gasteiger partial charge in [-0.25, -0.2) is 4.98 Å². The number of rotatable bonds is 7. The Morgan fingerprint density at radius 2 is 1.90 bits per heavy atom. The minimum atomic E-state index is -0.293. The number of thiazole rings is 1. The third-order valence-corrected chi connectivity index (χ3v) is 5.07. The molecule has 0 spiro atoms. The fourth-order valence-electron chi connectivity index (χ4n) is 2.86. The molecule has 4 aromatic rings. The molecule has 0 aliphatic rings. The molecule has 2 aromatic carbocycles. The molecule has 1 N–H and O–H groups in total. The molecule has 1 amide bonds. The van der Waals surface area contributed by atoms with E-state index in [1.165, 1.54) is 11.3 Å². The number of hydrogen-bond donors (Lipinski definition) is 1. The van der Waals surface area contributed by atoms with E-state index in [4.69, 9.17) is 9.47 Å². The van der Waals surface area contributed by atoms with Crippen LogP contribution in [-0.2, 0) is 4.79 Å². The first-order valence-electron chi connectivity index (χ1n) is 9.27. The second-order valence-electron chi connectivity index (χ2n) is 6.48. The Labute approximate surface area is 177 Å². The molecule has 0 radical (unpaired) electrons. The third kappa shape index (κ3) is 4.49. The van der Waals surface area contributed by atoms with E-state index in [0.29, 0.717) is 22.4 Å². The summed E-state index contributed by atoms with van der Waals surface area (Å²) in [6, 6.07) is 18.8. The lowest BCUT2D eigenvalue weighted by Gasteiger charge is -2.09. The molecule has 2 heterocycles.